The topological polar surface area (TPSA) is 32.8 Å². The Labute approximate surface area is 455 Å². The molecule has 14 aromatic rings. The van der Waals surface area contributed by atoms with Crippen LogP contribution in [0, 0.1) is 0 Å². The van der Waals surface area contributed by atoms with Gasteiger partial charge in [0.15, 0.2) is 0 Å². The van der Waals surface area contributed by atoms with Crippen LogP contribution in [0.2, 0.25) is 0 Å². The fourth-order valence-electron chi connectivity index (χ4n) is 11.8. The first-order chi connectivity index (χ1) is 37.9. The van der Waals surface area contributed by atoms with Crippen molar-refractivity contribution in [2.45, 2.75) is 52.4 Å². The van der Waals surface area contributed by atoms with Gasteiger partial charge in [-0.15, -0.1) is 0 Å². The van der Waals surface area contributed by atoms with Crippen molar-refractivity contribution in [3.8, 4) is 22.3 Å². The van der Waals surface area contributed by atoms with Gasteiger partial charge in [0, 0.05) is 78.3 Å². The van der Waals surface area contributed by atoms with Gasteiger partial charge in [0.1, 0.15) is 22.3 Å². The van der Waals surface area contributed by atoms with E-state index in [0.717, 1.165) is 111 Å². The number of anilines is 6. The molecule has 78 heavy (non-hydrogen) atoms. The lowest BCUT2D eigenvalue weighted by Gasteiger charge is -2.30. The van der Waals surface area contributed by atoms with Crippen LogP contribution in [0.15, 0.2) is 251 Å². The first-order valence-corrected chi connectivity index (χ1v) is 27.1. The van der Waals surface area contributed by atoms with Crippen molar-refractivity contribution in [3.05, 3.63) is 254 Å². The van der Waals surface area contributed by atoms with Gasteiger partial charge in [-0.3, -0.25) is 0 Å². The van der Waals surface area contributed by atoms with Crippen molar-refractivity contribution in [2.24, 2.45) is 0 Å². The molecule has 0 atom stereocenters. The van der Waals surface area contributed by atoms with Gasteiger partial charge in [0.2, 0.25) is 0 Å². The number of hydrogen-bond acceptors (Lipinski definition) is 4. The van der Waals surface area contributed by atoms with Crippen molar-refractivity contribution < 1.29 is 8.83 Å². The second kappa shape index (κ2) is 18.1. The van der Waals surface area contributed by atoms with E-state index in [9.17, 15) is 0 Å². The van der Waals surface area contributed by atoms with E-state index in [-0.39, 0.29) is 10.8 Å². The van der Waals surface area contributed by atoms with Gasteiger partial charge >= 0.3 is 0 Å². The summed E-state index contributed by atoms with van der Waals surface area (Å²) >= 11 is 0. The minimum atomic E-state index is 0.0158. The number of hydrogen-bond donors (Lipinski definition) is 0. The second-order valence-corrected chi connectivity index (χ2v) is 23.0. The molecule has 4 nitrogen and oxygen atoms in total. The van der Waals surface area contributed by atoms with Gasteiger partial charge < -0.3 is 18.6 Å². The minimum absolute atomic E-state index is 0.0158. The van der Waals surface area contributed by atoms with Crippen LogP contribution in [0.3, 0.4) is 0 Å². The van der Waals surface area contributed by atoms with E-state index >= 15 is 0 Å². The second-order valence-electron chi connectivity index (χ2n) is 23.0. The van der Waals surface area contributed by atoms with Crippen LogP contribution in [0.5, 0.6) is 0 Å². The number of nitrogens with zero attached hydrogens (tertiary/aromatic N) is 2. The molecule has 0 unspecified atom stereocenters. The third kappa shape index (κ3) is 8.06. The predicted molar refractivity (Wildman–Crippen MR) is 331 cm³/mol. The maximum atomic E-state index is 6.94. The molecule has 0 N–H and O–H groups in total. The Morgan fingerprint density at radius 2 is 0.628 bits per heavy atom. The molecular weight excluding hydrogens is 949 g/mol. The molecule has 0 spiro atoms. The van der Waals surface area contributed by atoms with Crippen LogP contribution >= 0.6 is 0 Å². The number of furan rings is 2. The molecule has 0 aliphatic heterocycles. The van der Waals surface area contributed by atoms with E-state index in [1.165, 1.54) is 32.7 Å². The number of fused-ring (bicyclic) bond motifs is 9. The van der Waals surface area contributed by atoms with E-state index in [1.54, 1.807) is 0 Å². The zero-order valence-electron chi connectivity index (χ0n) is 44.8. The smallest absolute Gasteiger partial charge is 0.137 e. The van der Waals surface area contributed by atoms with E-state index < -0.39 is 0 Å². The van der Waals surface area contributed by atoms with Crippen LogP contribution in [-0.4, -0.2) is 0 Å². The van der Waals surface area contributed by atoms with E-state index in [1.807, 2.05) is 0 Å². The summed E-state index contributed by atoms with van der Waals surface area (Å²) in [5.41, 5.74) is 17.0. The Hall–Kier alpha value is -9.38. The van der Waals surface area contributed by atoms with Crippen LogP contribution in [-0.2, 0) is 10.8 Å². The average molecular weight is 1010 g/mol. The van der Waals surface area contributed by atoms with Gasteiger partial charge in [-0.2, -0.15) is 0 Å². The highest BCUT2D eigenvalue weighted by Crippen LogP contribution is 2.49. The lowest BCUT2D eigenvalue weighted by molar-refractivity contribution is 0.590. The molecule has 0 saturated heterocycles. The Balaban J connectivity index is 0.902. The summed E-state index contributed by atoms with van der Waals surface area (Å²) in [7, 11) is 0. The molecule has 0 aliphatic carbocycles. The van der Waals surface area contributed by atoms with Crippen molar-refractivity contribution >= 4 is 110 Å². The van der Waals surface area contributed by atoms with Crippen molar-refractivity contribution in [2.75, 3.05) is 9.80 Å². The highest BCUT2D eigenvalue weighted by atomic mass is 16.3. The summed E-state index contributed by atoms with van der Waals surface area (Å²) in [6.07, 6.45) is 0. The molecular formula is C74H58N2O2. The fraction of sp³-hybridized carbons (Fsp3) is 0.108. The highest BCUT2D eigenvalue weighted by molar-refractivity contribution is 6.17. The molecule has 0 amide bonds. The first kappa shape index (κ1) is 47.1. The van der Waals surface area contributed by atoms with Crippen LogP contribution < -0.4 is 9.80 Å². The summed E-state index contributed by atoms with van der Waals surface area (Å²) in [4.78, 5) is 4.83. The molecule has 0 saturated carbocycles. The largest absolute Gasteiger partial charge is 0.456 e. The van der Waals surface area contributed by atoms with Crippen LogP contribution in [0.1, 0.15) is 52.7 Å². The molecule has 0 radical (unpaired) electrons. The molecule has 2 aromatic heterocycles. The van der Waals surface area contributed by atoms with Gasteiger partial charge in [-0.25, -0.2) is 0 Å². The van der Waals surface area contributed by atoms with Crippen molar-refractivity contribution in [3.63, 3.8) is 0 Å². The molecule has 2 heterocycles. The Morgan fingerprint density at radius 1 is 0.269 bits per heavy atom. The summed E-state index contributed by atoms with van der Waals surface area (Å²) in [6, 6.07) is 88.4. The maximum absolute atomic E-state index is 6.94. The minimum Gasteiger partial charge on any atom is -0.456 e. The normalized spacial score (nSPS) is 12.2. The Kier molecular flexibility index (Phi) is 11.0. The van der Waals surface area contributed by atoms with E-state index in [2.05, 4.69) is 294 Å². The third-order valence-electron chi connectivity index (χ3n) is 15.9. The molecule has 14 rings (SSSR count). The fourth-order valence-corrected chi connectivity index (χ4v) is 11.8. The van der Waals surface area contributed by atoms with E-state index in [4.69, 9.17) is 8.83 Å². The van der Waals surface area contributed by atoms with Gasteiger partial charge in [-0.05, 0) is 127 Å². The third-order valence-corrected chi connectivity index (χ3v) is 15.9. The molecule has 376 valence electrons. The van der Waals surface area contributed by atoms with Gasteiger partial charge in [-0.1, -0.05) is 199 Å². The highest BCUT2D eigenvalue weighted by Gasteiger charge is 2.26. The summed E-state index contributed by atoms with van der Waals surface area (Å²) < 4.78 is 13.9. The average Bonchev–Trinajstić information content (AvgIpc) is 4.08. The van der Waals surface area contributed by atoms with Crippen molar-refractivity contribution in [1.29, 1.82) is 0 Å². The molecule has 0 bridgehead atoms. The Bertz CT molecular complexity index is 4310. The quantitative estimate of drug-likeness (QED) is 0.152. The molecule has 12 aromatic carbocycles. The monoisotopic (exact) mass is 1010 g/mol. The van der Waals surface area contributed by atoms with E-state index in [0.29, 0.717) is 0 Å². The molecule has 4 heteroatoms. The summed E-state index contributed by atoms with van der Waals surface area (Å²) in [5, 5.41) is 11.2. The first-order valence-electron chi connectivity index (χ1n) is 27.1. The standard InChI is InChI=1S/C74H58N2O2/c1-73(2,3)53-27-31-55(32-28-53)75(71-59-23-15-13-21-49(59)25-37-61(71)47-17-9-7-10-18-47)57-35-39-63-65-41-51-44-68-66(42-52(51)43-67(65)77-69(63)45-57)64-40-36-58(46-70(64)78-68)76(56-33-29-54(30-34-56)74(4,5)6)72-60-24-16-14-22-50(60)26-38-62(72)48-19-11-8-12-20-48/h7-46H,1-6H3. The molecule has 0 aliphatic rings. The lowest BCUT2D eigenvalue weighted by Crippen LogP contribution is -2.14. The van der Waals surface area contributed by atoms with Crippen molar-refractivity contribution in [1.82, 2.24) is 0 Å². The zero-order chi connectivity index (χ0) is 52.9. The number of rotatable bonds is 8. The predicted octanol–water partition coefficient (Wildman–Crippen LogP) is 21.8. The van der Waals surface area contributed by atoms with Gasteiger partial charge in [0.05, 0.1) is 11.4 Å². The summed E-state index contributed by atoms with van der Waals surface area (Å²) in [6.45, 7) is 13.6. The zero-order valence-corrected chi connectivity index (χ0v) is 44.8. The van der Waals surface area contributed by atoms with Gasteiger partial charge in [0.25, 0.3) is 0 Å². The SMILES string of the molecule is CC(C)(C)c1ccc(N(c2ccc3c(c2)oc2cc4cc5c(cc4cc23)oc2cc(N(c3ccc(C(C)(C)C)cc3)c3c(-c4ccccc4)ccc4ccccc34)ccc25)c2c(-c3ccccc3)ccc3ccccc23)cc1. The van der Waals surface area contributed by atoms with Crippen LogP contribution in [0.25, 0.3) is 98.4 Å². The Morgan fingerprint density at radius 3 is 1.03 bits per heavy atom. The maximum Gasteiger partial charge on any atom is 0.137 e. The van der Waals surface area contributed by atoms with Crippen LogP contribution in [0.4, 0.5) is 34.1 Å². The number of benzene rings is 12. The summed E-state index contributed by atoms with van der Waals surface area (Å²) in [5.74, 6) is 0. The molecule has 0 fully saturated rings. The lowest BCUT2D eigenvalue weighted by atomic mass is 9.87.